The largest absolute Gasteiger partial charge is 0.494 e. The highest BCUT2D eigenvalue weighted by atomic mass is 16.7. The summed E-state index contributed by atoms with van der Waals surface area (Å²) in [7, 11) is -0.389. The average Bonchev–Trinajstić information content (AvgIpc) is 3.29. The number of hydrogen-bond acceptors (Lipinski definition) is 3. The van der Waals surface area contributed by atoms with Crippen LogP contribution in [0.3, 0.4) is 0 Å². The van der Waals surface area contributed by atoms with Crippen molar-refractivity contribution >= 4 is 34.4 Å². The van der Waals surface area contributed by atoms with Crippen LogP contribution in [-0.4, -0.2) is 27.9 Å². The number of pyridine rings is 1. The van der Waals surface area contributed by atoms with Gasteiger partial charge in [0.15, 0.2) is 0 Å². The normalized spacial score (nSPS) is 17.0. The van der Waals surface area contributed by atoms with Crippen LogP contribution in [0.1, 0.15) is 27.7 Å². The Hall–Kier alpha value is -3.41. The van der Waals surface area contributed by atoms with E-state index in [4.69, 9.17) is 9.31 Å². The zero-order valence-electron chi connectivity index (χ0n) is 19.9. The molecule has 0 radical (unpaired) electrons. The molecule has 0 atom stereocenters. The highest BCUT2D eigenvalue weighted by molar-refractivity contribution is 6.62. The maximum atomic E-state index is 6.32. The molecule has 0 aliphatic carbocycles. The molecule has 3 heterocycles. The van der Waals surface area contributed by atoms with E-state index in [1.165, 1.54) is 11.1 Å². The van der Waals surface area contributed by atoms with Gasteiger partial charge in [-0.15, -0.1) is 0 Å². The first kappa shape index (κ1) is 21.1. The Labute approximate surface area is 200 Å². The lowest BCUT2D eigenvalue weighted by atomic mass is 9.78. The second kappa shape index (κ2) is 7.56. The number of rotatable bonds is 3. The van der Waals surface area contributed by atoms with Crippen molar-refractivity contribution in [1.82, 2.24) is 9.55 Å². The lowest BCUT2D eigenvalue weighted by Crippen LogP contribution is -2.41. The highest BCUT2D eigenvalue weighted by Crippen LogP contribution is 2.37. The zero-order chi connectivity index (χ0) is 23.5. The summed E-state index contributed by atoms with van der Waals surface area (Å²) in [4.78, 5) is 4.43. The van der Waals surface area contributed by atoms with E-state index in [1.807, 2.05) is 18.5 Å². The van der Waals surface area contributed by atoms with E-state index in [0.717, 1.165) is 33.0 Å². The molecular weight excluding hydrogens is 419 g/mol. The summed E-state index contributed by atoms with van der Waals surface area (Å²) in [5.41, 5.74) is 6.02. The molecule has 1 fully saturated rings. The van der Waals surface area contributed by atoms with Crippen LogP contribution in [0.15, 0.2) is 91.3 Å². The summed E-state index contributed by atoms with van der Waals surface area (Å²) >= 11 is 0. The summed E-state index contributed by atoms with van der Waals surface area (Å²) in [6, 6.07) is 27.7. The number of fused-ring (bicyclic) bond motifs is 3. The van der Waals surface area contributed by atoms with Gasteiger partial charge < -0.3 is 13.9 Å². The zero-order valence-corrected chi connectivity index (χ0v) is 19.9. The van der Waals surface area contributed by atoms with Crippen molar-refractivity contribution in [1.29, 1.82) is 0 Å². The van der Waals surface area contributed by atoms with E-state index < -0.39 is 0 Å². The predicted molar refractivity (Wildman–Crippen MR) is 140 cm³/mol. The Bertz CT molecular complexity index is 1490. The van der Waals surface area contributed by atoms with Crippen LogP contribution >= 0.6 is 0 Å². The molecule has 0 N–H and O–H groups in total. The first-order valence-corrected chi connectivity index (χ1v) is 11.7. The quantitative estimate of drug-likeness (QED) is 0.312. The molecule has 34 heavy (non-hydrogen) atoms. The maximum absolute atomic E-state index is 6.32. The lowest BCUT2D eigenvalue weighted by Gasteiger charge is -2.32. The van der Waals surface area contributed by atoms with Gasteiger partial charge in [0.1, 0.15) is 0 Å². The average molecular weight is 446 g/mol. The second-order valence-electron chi connectivity index (χ2n) is 10.0. The molecule has 6 rings (SSSR count). The fourth-order valence-electron chi connectivity index (χ4n) is 4.72. The van der Waals surface area contributed by atoms with Gasteiger partial charge >= 0.3 is 7.12 Å². The molecule has 0 unspecified atom stereocenters. The summed E-state index contributed by atoms with van der Waals surface area (Å²) in [5.74, 6) is 0. The fourth-order valence-corrected chi connectivity index (χ4v) is 4.72. The van der Waals surface area contributed by atoms with Crippen LogP contribution in [0, 0.1) is 0 Å². The standard InChI is InChI=1S/C29H27BN2O2/c1-28(2)29(3,4)34-30(33-28)22-12-15-26-25(18-22)24-16-17-31-19-27(24)32(26)23-13-10-21(11-14-23)20-8-6-5-7-9-20/h5-19H,1-4H3. The van der Waals surface area contributed by atoms with Crippen LogP contribution in [0.4, 0.5) is 0 Å². The topological polar surface area (TPSA) is 36.3 Å². The van der Waals surface area contributed by atoms with Gasteiger partial charge in [0.2, 0.25) is 0 Å². The highest BCUT2D eigenvalue weighted by Gasteiger charge is 2.51. The van der Waals surface area contributed by atoms with Crippen LogP contribution < -0.4 is 5.46 Å². The molecule has 0 spiro atoms. The van der Waals surface area contributed by atoms with Crippen LogP contribution in [0.5, 0.6) is 0 Å². The molecule has 0 amide bonds. The molecule has 1 saturated heterocycles. The summed E-state index contributed by atoms with van der Waals surface area (Å²) in [5, 5.41) is 2.33. The van der Waals surface area contributed by atoms with Crippen LogP contribution in [0.25, 0.3) is 38.6 Å². The third kappa shape index (κ3) is 3.27. The number of nitrogens with zero attached hydrogens (tertiary/aromatic N) is 2. The molecule has 168 valence electrons. The van der Waals surface area contributed by atoms with Crippen molar-refractivity contribution in [3.05, 3.63) is 91.3 Å². The van der Waals surface area contributed by atoms with E-state index in [0.29, 0.717) is 0 Å². The van der Waals surface area contributed by atoms with Gasteiger partial charge in [-0.25, -0.2) is 0 Å². The van der Waals surface area contributed by atoms with Gasteiger partial charge in [-0.3, -0.25) is 4.98 Å². The summed E-state index contributed by atoms with van der Waals surface area (Å²) in [6.45, 7) is 8.34. The number of hydrogen-bond donors (Lipinski definition) is 0. The van der Waals surface area contributed by atoms with Crippen molar-refractivity contribution in [3.63, 3.8) is 0 Å². The Morgan fingerprint density at radius 2 is 1.38 bits per heavy atom. The predicted octanol–water partition coefficient (Wildman–Crippen LogP) is 6.14. The summed E-state index contributed by atoms with van der Waals surface area (Å²) < 4.78 is 14.9. The van der Waals surface area contributed by atoms with Crippen molar-refractivity contribution in [3.8, 4) is 16.8 Å². The van der Waals surface area contributed by atoms with Crippen molar-refractivity contribution < 1.29 is 9.31 Å². The van der Waals surface area contributed by atoms with Crippen molar-refractivity contribution in [2.75, 3.05) is 0 Å². The molecule has 4 nitrogen and oxygen atoms in total. The summed E-state index contributed by atoms with van der Waals surface area (Å²) in [6.07, 6.45) is 3.79. The van der Waals surface area contributed by atoms with E-state index in [9.17, 15) is 0 Å². The minimum Gasteiger partial charge on any atom is -0.399 e. The smallest absolute Gasteiger partial charge is 0.399 e. The first-order chi connectivity index (χ1) is 16.3. The van der Waals surface area contributed by atoms with Crippen molar-refractivity contribution in [2.45, 2.75) is 38.9 Å². The number of benzene rings is 3. The third-order valence-corrected chi connectivity index (χ3v) is 7.35. The first-order valence-electron chi connectivity index (χ1n) is 11.7. The number of aromatic nitrogens is 2. The van der Waals surface area contributed by atoms with E-state index in [2.05, 4.69) is 110 Å². The molecule has 0 bridgehead atoms. The Kier molecular flexibility index (Phi) is 4.70. The SMILES string of the molecule is CC1(C)OB(c2ccc3c(c2)c2ccncc2n3-c2ccc(-c3ccccc3)cc2)OC1(C)C. The molecule has 5 aromatic rings. The monoisotopic (exact) mass is 446 g/mol. The molecule has 2 aromatic heterocycles. The minimum absolute atomic E-state index is 0.370. The molecule has 1 aliphatic heterocycles. The van der Waals surface area contributed by atoms with Gasteiger partial charge in [-0.05, 0) is 68.6 Å². The van der Waals surface area contributed by atoms with Gasteiger partial charge in [0, 0.05) is 22.7 Å². The van der Waals surface area contributed by atoms with E-state index in [1.54, 1.807) is 0 Å². The molecular formula is C29H27BN2O2. The second-order valence-corrected chi connectivity index (χ2v) is 10.0. The molecule has 5 heteroatoms. The Morgan fingerprint density at radius 1 is 0.706 bits per heavy atom. The van der Waals surface area contributed by atoms with Crippen LogP contribution in [-0.2, 0) is 9.31 Å². The maximum Gasteiger partial charge on any atom is 0.494 e. The Morgan fingerprint density at radius 3 is 2.09 bits per heavy atom. The van der Waals surface area contributed by atoms with E-state index in [-0.39, 0.29) is 18.3 Å². The lowest BCUT2D eigenvalue weighted by molar-refractivity contribution is 0.00578. The van der Waals surface area contributed by atoms with Gasteiger partial charge in [0.25, 0.3) is 0 Å². The van der Waals surface area contributed by atoms with Crippen molar-refractivity contribution in [2.24, 2.45) is 0 Å². The molecule has 3 aromatic carbocycles. The minimum atomic E-state index is -0.389. The van der Waals surface area contributed by atoms with Gasteiger partial charge in [-0.2, -0.15) is 0 Å². The molecule has 1 aliphatic rings. The van der Waals surface area contributed by atoms with Gasteiger partial charge in [0.05, 0.1) is 28.4 Å². The fraction of sp³-hybridized carbons (Fsp3) is 0.207. The van der Waals surface area contributed by atoms with E-state index >= 15 is 0 Å². The van der Waals surface area contributed by atoms with Gasteiger partial charge in [-0.1, -0.05) is 54.6 Å². The Balaban J connectivity index is 1.47. The van der Waals surface area contributed by atoms with Crippen LogP contribution in [0.2, 0.25) is 0 Å². The third-order valence-electron chi connectivity index (χ3n) is 7.35. The molecule has 0 saturated carbocycles.